The van der Waals surface area contributed by atoms with Gasteiger partial charge in [0.2, 0.25) is 0 Å². The van der Waals surface area contributed by atoms with Crippen molar-refractivity contribution in [1.82, 2.24) is 15.5 Å². The molecule has 1 atom stereocenters. The Morgan fingerprint density at radius 3 is 2.71 bits per heavy atom. The average molecular weight is 305 g/mol. The largest absolute Gasteiger partial charge is 0.347 e. The smallest absolute Gasteiger partial charge is 0.269 e. The molecule has 1 aliphatic heterocycles. The van der Waals surface area contributed by atoms with Gasteiger partial charge in [-0.3, -0.25) is 9.89 Å². The quantitative estimate of drug-likeness (QED) is 0.884. The number of aromatic nitrogens is 2. The minimum atomic E-state index is -3.00. The van der Waals surface area contributed by atoms with Gasteiger partial charge >= 0.3 is 0 Å². The second-order valence-corrected chi connectivity index (χ2v) is 7.34. The van der Waals surface area contributed by atoms with E-state index in [1.807, 2.05) is 30.3 Å². The Morgan fingerprint density at radius 2 is 2.05 bits per heavy atom. The summed E-state index contributed by atoms with van der Waals surface area (Å²) in [4.78, 5) is 12.1. The number of carbonyl (C=O) groups excluding carboxylic acids is 1. The summed E-state index contributed by atoms with van der Waals surface area (Å²) in [7, 11) is -3.00. The number of rotatable bonds is 3. The van der Waals surface area contributed by atoms with E-state index >= 15 is 0 Å². The molecule has 0 aliphatic carbocycles. The van der Waals surface area contributed by atoms with Crippen LogP contribution >= 0.6 is 0 Å². The molecular weight excluding hydrogens is 290 g/mol. The lowest BCUT2D eigenvalue weighted by atomic mass is 10.1. The average Bonchev–Trinajstić information content (AvgIpc) is 3.07. The standard InChI is InChI=1S/C14H15N3O3S/c18-14(15-11-6-7-21(19,20)9-11)13-8-12(16-17-13)10-4-2-1-3-5-10/h1-5,8,11H,6-7,9H2,(H,15,18)(H,16,17). The van der Waals surface area contributed by atoms with E-state index < -0.39 is 9.84 Å². The SMILES string of the molecule is O=C(NC1CCS(=O)(=O)C1)c1cc(-c2ccccc2)n[nH]1. The molecular formula is C14H15N3O3S. The predicted octanol–water partition coefficient (Wildman–Crippen LogP) is 0.994. The minimum Gasteiger partial charge on any atom is -0.347 e. The second-order valence-electron chi connectivity index (χ2n) is 5.11. The van der Waals surface area contributed by atoms with Crippen LogP contribution in [0.15, 0.2) is 36.4 Å². The highest BCUT2D eigenvalue weighted by molar-refractivity contribution is 7.91. The Morgan fingerprint density at radius 1 is 1.29 bits per heavy atom. The molecule has 110 valence electrons. The molecule has 0 bridgehead atoms. The molecule has 2 heterocycles. The Labute approximate surface area is 122 Å². The van der Waals surface area contributed by atoms with Gasteiger partial charge in [0, 0.05) is 11.6 Å². The molecule has 0 spiro atoms. The first-order valence-corrected chi connectivity index (χ1v) is 8.48. The molecule has 3 rings (SSSR count). The van der Waals surface area contributed by atoms with E-state index in [1.54, 1.807) is 6.07 Å². The van der Waals surface area contributed by atoms with Crippen LogP contribution in [0.25, 0.3) is 11.3 Å². The number of H-pyrrole nitrogens is 1. The molecule has 6 nitrogen and oxygen atoms in total. The van der Waals surface area contributed by atoms with Crippen molar-refractivity contribution in [3.8, 4) is 11.3 Å². The lowest BCUT2D eigenvalue weighted by Crippen LogP contribution is -2.35. The topological polar surface area (TPSA) is 91.9 Å². The molecule has 2 aromatic rings. The van der Waals surface area contributed by atoms with Gasteiger partial charge in [0.05, 0.1) is 17.2 Å². The number of hydrogen-bond donors (Lipinski definition) is 2. The van der Waals surface area contributed by atoms with Gasteiger partial charge < -0.3 is 5.32 Å². The Hall–Kier alpha value is -2.15. The summed E-state index contributed by atoms with van der Waals surface area (Å²) in [6.45, 7) is 0. The van der Waals surface area contributed by atoms with Crippen molar-refractivity contribution in [3.63, 3.8) is 0 Å². The number of nitrogens with zero attached hydrogens (tertiary/aromatic N) is 1. The highest BCUT2D eigenvalue weighted by atomic mass is 32.2. The first kappa shape index (κ1) is 13.8. The molecule has 1 fully saturated rings. The molecule has 21 heavy (non-hydrogen) atoms. The van der Waals surface area contributed by atoms with Crippen LogP contribution in [0.5, 0.6) is 0 Å². The van der Waals surface area contributed by atoms with Crippen molar-refractivity contribution in [2.45, 2.75) is 12.5 Å². The van der Waals surface area contributed by atoms with E-state index in [2.05, 4.69) is 15.5 Å². The van der Waals surface area contributed by atoms with Gasteiger partial charge in [0.1, 0.15) is 5.69 Å². The molecule has 1 unspecified atom stereocenters. The lowest BCUT2D eigenvalue weighted by Gasteiger charge is -2.08. The molecule has 1 amide bonds. The van der Waals surface area contributed by atoms with Crippen molar-refractivity contribution in [3.05, 3.63) is 42.1 Å². The van der Waals surface area contributed by atoms with Crippen LogP contribution < -0.4 is 5.32 Å². The van der Waals surface area contributed by atoms with Crippen LogP contribution in [0.3, 0.4) is 0 Å². The number of hydrogen-bond acceptors (Lipinski definition) is 4. The first-order chi connectivity index (χ1) is 10.0. The fraction of sp³-hybridized carbons (Fsp3) is 0.286. The second kappa shape index (κ2) is 5.33. The number of sulfone groups is 1. The van der Waals surface area contributed by atoms with Crippen molar-refractivity contribution < 1.29 is 13.2 Å². The minimum absolute atomic E-state index is 0.0123. The third kappa shape index (κ3) is 3.13. The summed E-state index contributed by atoms with van der Waals surface area (Å²) in [6, 6.07) is 10.9. The van der Waals surface area contributed by atoms with E-state index in [0.29, 0.717) is 17.8 Å². The molecule has 7 heteroatoms. The number of nitrogens with one attached hydrogen (secondary N) is 2. The maximum Gasteiger partial charge on any atom is 0.269 e. The van der Waals surface area contributed by atoms with Gasteiger partial charge in [-0.15, -0.1) is 0 Å². The van der Waals surface area contributed by atoms with Gasteiger partial charge in [-0.25, -0.2) is 8.42 Å². The molecule has 0 saturated carbocycles. The van der Waals surface area contributed by atoms with Gasteiger partial charge in [0.25, 0.3) is 5.91 Å². The van der Waals surface area contributed by atoms with E-state index in [4.69, 9.17) is 0 Å². The Bertz CT molecular complexity index is 753. The van der Waals surface area contributed by atoms with Gasteiger partial charge in [-0.05, 0) is 12.5 Å². The van der Waals surface area contributed by atoms with Crippen molar-refractivity contribution in [2.75, 3.05) is 11.5 Å². The highest BCUT2D eigenvalue weighted by Gasteiger charge is 2.29. The van der Waals surface area contributed by atoms with Gasteiger partial charge in [-0.1, -0.05) is 30.3 Å². The summed E-state index contributed by atoms with van der Waals surface area (Å²) in [6.07, 6.45) is 0.466. The maximum absolute atomic E-state index is 12.1. The molecule has 0 radical (unpaired) electrons. The molecule has 2 N–H and O–H groups in total. The summed E-state index contributed by atoms with van der Waals surface area (Å²) < 4.78 is 22.8. The van der Waals surface area contributed by atoms with E-state index in [9.17, 15) is 13.2 Å². The predicted molar refractivity (Wildman–Crippen MR) is 78.5 cm³/mol. The van der Waals surface area contributed by atoms with Crippen molar-refractivity contribution in [2.24, 2.45) is 0 Å². The monoisotopic (exact) mass is 305 g/mol. The fourth-order valence-corrected chi connectivity index (χ4v) is 4.04. The zero-order valence-corrected chi connectivity index (χ0v) is 12.1. The van der Waals surface area contributed by atoms with E-state index in [1.165, 1.54) is 0 Å². The van der Waals surface area contributed by atoms with Crippen LogP contribution in [-0.4, -0.2) is 42.1 Å². The van der Waals surface area contributed by atoms with Crippen LogP contribution in [0, 0.1) is 0 Å². The summed E-state index contributed by atoms with van der Waals surface area (Å²) in [5.74, 6) is -0.180. The summed E-state index contributed by atoms with van der Waals surface area (Å²) in [5, 5.41) is 9.52. The lowest BCUT2D eigenvalue weighted by molar-refractivity contribution is 0.0936. The molecule has 1 saturated heterocycles. The Balaban J connectivity index is 1.70. The third-order valence-electron chi connectivity index (χ3n) is 3.46. The number of carbonyl (C=O) groups is 1. The maximum atomic E-state index is 12.1. The first-order valence-electron chi connectivity index (χ1n) is 6.66. The van der Waals surface area contributed by atoms with Crippen molar-refractivity contribution >= 4 is 15.7 Å². The zero-order chi connectivity index (χ0) is 14.9. The van der Waals surface area contributed by atoms with Gasteiger partial charge in [-0.2, -0.15) is 5.10 Å². The van der Waals surface area contributed by atoms with E-state index in [-0.39, 0.29) is 23.5 Å². The fourth-order valence-electron chi connectivity index (χ4n) is 2.37. The Kier molecular flexibility index (Phi) is 3.50. The highest BCUT2D eigenvalue weighted by Crippen LogP contribution is 2.17. The van der Waals surface area contributed by atoms with Crippen LogP contribution in [-0.2, 0) is 9.84 Å². The molecule has 1 aromatic carbocycles. The zero-order valence-electron chi connectivity index (χ0n) is 11.2. The van der Waals surface area contributed by atoms with E-state index in [0.717, 1.165) is 5.56 Å². The van der Waals surface area contributed by atoms with Crippen LogP contribution in [0.1, 0.15) is 16.9 Å². The van der Waals surface area contributed by atoms with Crippen LogP contribution in [0.2, 0.25) is 0 Å². The van der Waals surface area contributed by atoms with Gasteiger partial charge in [0.15, 0.2) is 9.84 Å². The number of amides is 1. The number of aromatic amines is 1. The summed E-state index contributed by atoms with van der Waals surface area (Å²) in [5.41, 5.74) is 1.93. The third-order valence-corrected chi connectivity index (χ3v) is 5.23. The summed E-state index contributed by atoms with van der Waals surface area (Å²) >= 11 is 0. The molecule has 1 aliphatic rings. The van der Waals surface area contributed by atoms with Crippen molar-refractivity contribution in [1.29, 1.82) is 0 Å². The number of benzene rings is 1. The normalized spacial score (nSPS) is 20.3. The van der Waals surface area contributed by atoms with Crippen LogP contribution in [0.4, 0.5) is 0 Å². The molecule has 1 aromatic heterocycles.